The monoisotopic (exact) mass is 337 g/mol. The lowest BCUT2D eigenvalue weighted by atomic mass is 9.88. The number of rotatable bonds is 5. The summed E-state index contributed by atoms with van der Waals surface area (Å²) >= 11 is 4.75. The van der Waals surface area contributed by atoms with Crippen molar-refractivity contribution in [3.63, 3.8) is 0 Å². The second kappa shape index (κ2) is 7.79. The summed E-state index contributed by atoms with van der Waals surface area (Å²) in [4.78, 5) is 30.9. The standard InChI is InChI=1S/C16H23N3O3S/c1-3-22-15(21)13(16(23)6-9-19(2)10-7-16)18-14(20)12-5-4-8-17-11-12/h4-5,8,11,13,23H,3,6-7,9-10H2,1-2H3,(H,18,20). The maximum atomic E-state index is 12.4. The first-order chi connectivity index (χ1) is 11.0. The predicted molar refractivity (Wildman–Crippen MR) is 90.6 cm³/mol. The number of nitrogens with zero attached hydrogens (tertiary/aromatic N) is 2. The van der Waals surface area contributed by atoms with E-state index in [1.807, 2.05) is 7.05 Å². The first kappa shape index (κ1) is 17.7. The topological polar surface area (TPSA) is 71.5 Å². The molecule has 0 saturated carbocycles. The van der Waals surface area contributed by atoms with Gasteiger partial charge in [0, 0.05) is 17.1 Å². The average Bonchev–Trinajstić information content (AvgIpc) is 2.56. The molecule has 1 aromatic heterocycles. The van der Waals surface area contributed by atoms with Gasteiger partial charge in [-0.2, -0.15) is 12.6 Å². The number of nitrogens with one attached hydrogen (secondary N) is 1. The zero-order valence-electron chi connectivity index (χ0n) is 13.5. The summed E-state index contributed by atoms with van der Waals surface area (Å²) in [6.07, 6.45) is 4.46. The van der Waals surface area contributed by atoms with Crippen LogP contribution in [-0.4, -0.2) is 59.3 Å². The van der Waals surface area contributed by atoms with Crippen LogP contribution in [0, 0.1) is 0 Å². The highest BCUT2D eigenvalue weighted by Crippen LogP contribution is 2.32. The number of amides is 1. The Morgan fingerprint density at radius 1 is 1.48 bits per heavy atom. The van der Waals surface area contributed by atoms with Crippen molar-refractivity contribution < 1.29 is 14.3 Å². The van der Waals surface area contributed by atoms with Gasteiger partial charge in [-0.3, -0.25) is 9.78 Å². The molecule has 0 aliphatic carbocycles. The van der Waals surface area contributed by atoms with Gasteiger partial charge in [0.05, 0.1) is 12.2 Å². The molecule has 1 atom stereocenters. The number of hydrogen-bond acceptors (Lipinski definition) is 6. The van der Waals surface area contributed by atoms with Crippen molar-refractivity contribution in [1.29, 1.82) is 0 Å². The van der Waals surface area contributed by atoms with Gasteiger partial charge in [0.15, 0.2) is 0 Å². The van der Waals surface area contributed by atoms with Gasteiger partial charge in [0.1, 0.15) is 6.04 Å². The molecule has 0 aromatic carbocycles. The van der Waals surface area contributed by atoms with E-state index in [1.165, 1.54) is 6.20 Å². The van der Waals surface area contributed by atoms with Crippen LogP contribution in [0.3, 0.4) is 0 Å². The largest absolute Gasteiger partial charge is 0.464 e. The second-order valence-electron chi connectivity index (χ2n) is 5.81. The van der Waals surface area contributed by atoms with Gasteiger partial charge in [-0.05, 0) is 52.0 Å². The van der Waals surface area contributed by atoms with Crippen LogP contribution in [0.15, 0.2) is 24.5 Å². The van der Waals surface area contributed by atoms with E-state index in [1.54, 1.807) is 25.3 Å². The molecule has 0 bridgehead atoms. The number of aromatic nitrogens is 1. The van der Waals surface area contributed by atoms with Crippen LogP contribution in [0.1, 0.15) is 30.1 Å². The zero-order valence-corrected chi connectivity index (χ0v) is 14.4. The Bertz CT molecular complexity index is 545. The van der Waals surface area contributed by atoms with Gasteiger partial charge in [-0.15, -0.1) is 0 Å². The van der Waals surface area contributed by atoms with Crippen molar-refractivity contribution in [2.24, 2.45) is 0 Å². The van der Waals surface area contributed by atoms with Crippen LogP contribution >= 0.6 is 12.6 Å². The van der Waals surface area contributed by atoms with Gasteiger partial charge in [0.2, 0.25) is 0 Å². The summed E-state index contributed by atoms with van der Waals surface area (Å²) in [7, 11) is 2.03. The van der Waals surface area contributed by atoms with Gasteiger partial charge in [0.25, 0.3) is 5.91 Å². The van der Waals surface area contributed by atoms with E-state index in [-0.39, 0.29) is 12.5 Å². The number of carbonyl (C=O) groups excluding carboxylic acids is 2. The Morgan fingerprint density at radius 2 is 2.17 bits per heavy atom. The third-order valence-electron chi connectivity index (χ3n) is 4.11. The number of likely N-dealkylation sites (tertiary alicyclic amines) is 1. The molecule has 1 amide bonds. The van der Waals surface area contributed by atoms with Crippen molar-refractivity contribution in [3.8, 4) is 0 Å². The Kier molecular flexibility index (Phi) is 6.01. The smallest absolute Gasteiger partial charge is 0.330 e. The number of hydrogen-bond donors (Lipinski definition) is 2. The van der Waals surface area contributed by atoms with Crippen molar-refractivity contribution in [2.75, 3.05) is 26.7 Å². The Morgan fingerprint density at radius 3 is 2.74 bits per heavy atom. The maximum Gasteiger partial charge on any atom is 0.330 e. The minimum absolute atomic E-state index is 0.266. The molecule has 1 N–H and O–H groups in total. The molecule has 126 valence electrons. The molecule has 7 heteroatoms. The lowest BCUT2D eigenvalue weighted by molar-refractivity contribution is -0.146. The summed E-state index contributed by atoms with van der Waals surface area (Å²) in [5.74, 6) is -0.784. The highest BCUT2D eigenvalue weighted by atomic mass is 32.1. The van der Waals surface area contributed by atoms with Crippen LogP contribution < -0.4 is 5.32 Å². The fourth-order valence-electron chi connectivity index (χ4n) is 2.64. The Hall–Kier alpha value is -1.60. The molecule has 1 aromatic rings. The summed E-state index contributed by atoms with van der Waals surface area (Å²) < 4.78 is 4.54. The minimum atomic E-state index is -0.785. The van der Waals surface area contributed by atoms with Gasteiger partial charge < -0.3 is 15.0 Å². The molecule has 2 heterocycles. The quantitative estimate of drug-likeness (QED) is 0.623. The van der Waals surface area contributed by atoms with E-state index in [4.69, 9.17) is 17.4 Å². The maximum absolute atomic E-state index is 12.4. The number of carbonyl (C=O) groups is 2. The highest BCUT2D eigenvalue weighted by molar-refractivity contribution is 7.82. The lowest BCUT2D eigenvalue weighted by Crippen LogP contribution is -2.58. The molecule has 23 heavy (non-hydrogen) atoms. The summed E-state index contributed by atoms with van der Waals surface area (Å²) in [5, 5.41) is 2.79. The molecule has 0 radical (unpaired) electrons. The number of ether oxygens (including phenoxy) is 1. The number of thiol groups is 1. The van der Waals surface area contributed by atoms with E-state index in [2.05, 4.69) is 15.2 Å². The Balaban J connectivity index is 2.17. The molecular weight excluding hydrogens is 314 g/mol. The fourth-order valence-corrected chi connectivity index (χ4v) is 3.01. The van der Waals surface area contributed by atoms with E-state index < -0.39 is 16.8 Å². The third kappa shape index (κ3) is 4.45. The zero-order chi connectivity index (χ0) is 16.9. The molecule has 0 spiro atoms. The first-order valence-corrected chi connectivity index (χ1v) is 8.19. The van der Waals surface area contributed by atoms with Gasteiger partial charge in [-0.1, -0.05) is 0 Å². The molecule has 6 nitrogen and oxygen atoms in total. The molecule has 1 aliphatic rings. The van der Waals surface area contributed by atoms with Crippen LogP contribution in [0.4, 0.5) is 0 Å². The number of piperidine rings is 1. The molecular formula is C16H23N3O3S. The third-order valence-corrected chi connectivity index (χ3v) is 4.82. The van der Waals surface area contributed by atoms with E-state index in [9.17, 15) is 9.59 Å². The summed E-state index contributed by atoms with van der Waals surface area (Å²) in [6, 6.07) is 2.55. The van der Waals surface area contributed by atoms with Crippen molar-refractivity contribution >= 4 is 24.5 Å². The van der Waals surface area contributed by atoms with Crippen LogP contribution in [-0.2, 0) is 9.53 Å². The summed E-state index contributed by atoms with van der Waals surface area (Å²) in [6.45, 7) is 3.66. The van der Waals surface area contributed by atoms with Crippen LogP contribution in [0.2, 0.25) is 0 Å². The highest BCUT2D eigenvalue weighted by Gasteiger charge is 2.44. The molecule has 1 unspecified atom stereocenters. The minimum Gasteiger partial charge on any atom is -0.464 e. The van der Waals surface area contributed by atoms with E-state index >= 15 is 0 Å². The van der Waals surface area contributed by atoms with Crippen LogP contribution in [0.25, 0.3) is 0 Å². The van der Waals surface area contributed by atoms with Crippen molar-refractivity contribution in [3.05, 3.63) is 30.1 Å². The predicted octanol–water partition coefficient (Wildman–Crippen LogP) is 1.14. The summed E-state index contributed by atoms with van der Waals surface area (Å²) in [5.41, 5.74) is 0.409. The molecule has 1 saturated heterocycles. The van der Waals surface area contributed by atoms with Crippen molar-refractivity contribution in [1.82, 2.24) is 15.2 Å². The van der Waals surface area contributed by atoms with E-state index in [0.717, 1.165) is 13.1 Å². The Labute approximate surface area is 142 Å². The normalized spacial score (nSPS) is 18.9. The fraction of sp³-hybridized carbons (Fsp3) is 0.562. The van der Waals surface area contributed by atoms with Gasteiger partial charge >= 0.3 is 5.97 Å². The average molecular weight is 337 g/mol. The second-order valence-corrected chi connectivity index (χ2v) is 6.70. The number of esters is 1. The SMILES string of the molecule is CCOC(=O)C(NC(=O)c1cccnc1)C1(S)CCN(C)CC1. The number of pyridine rings is 1. The van der Waals surface area contributed by atoms with E-state index in [0.29, 0.717) is 18.4 Å². The lowest BCUT2D eigenvalue weighted by Gasteiger charge is -2.41. The van der Waals surface area contributed by atoms with Crippen molar-refractivity contribution in [2.45, 2.75) is 30.6 Å². The van der Waals surface area contributed by atoms with Crippen LogP contribution in [0.5, 0.6) is 0 Å². The molecule has 2 rings (SSSR count). The first-order valence-electron chi connectivity index (χ1n) is 7.74. The molecule has 1 aliphatic heterocycles. The molecule has 1 fully saturated rings. The van der Waals surface area contributed by atoms with Gasteiger partial charge in [-0.25, -0.2) is 4.79 Å².